The van der Waals surface area contributed by atoms with Crippen LogP contribution in [0.1, 0.15) is 70.2 Å². The number of hydrogen-bond donors (Lipinski definition) is 1. The van der Waals surface area contributed by atoms with Crippen LogP contribution in [0.4, 0.5) is 5.13 Å². The fourth-order valence-electron chi connectivity index (χ4n) is 4.35. The highest BCUT2D eigenvalue weighted by Gasteiger charge is 2.16. The summed E-state index contributed by atoms with van der Waals surface area (Å²) in [4.78, 5) is 31.2. The molecule has 4 rings (SSSR count). The van der Waals surface area contributed by atoms with Crippen LogP contribution >= 0.6 is 11.3 Å². The summed E-state index contributed by atoms with van der Waals surface area (Å²) in [6.07, 6.45) is 14.4. The van der Waals surface area contributed by atoms with Gasteiger partial charge in [-0.25, -0.2) is 4.98 Å². The molecule has 2 aromatic carbocycles. The first-order valence-corrected chi connectivity index (χ1v) is 13.2. The summed E-state index contributed by atoms with van der Waals surface area (Å²) in [6, 6.07) is 16.3. The lowest BCUT2D eigenvalue weighted by Gasteiger charge is -2.16. The number of Topliss-reactive ketones (excluding diaryl/α,β-unsaturated/α-hetero) is 1. The number of nitrogens with zero attached hydrogens (tertiary/aromatic N) is 1. The zero-order chi connectivity index (χ0) is 24.5. The number of carbonyl (C=O) groups excluding carboxylic acids is 2. The molecule has 35 heavy (non-hydrogen) atoms. The van der Waals surface area contributed by atoms with Gasteiger partial charge in [0, 0.05) is 36.1 Å². The summed E-state index contributed by atoms with van der Waals surface area (Å²) in [5, 5.41) is 3.52. The lowest BCUT2D eigenvalue weighted by molar-refractivity contribution is -0.116. The minimum atomic E-state index is -0.174. The number of aromatic nitrogens is 1. The highest BCUT2D eigenvalue weighted by Crippen LogP contribution is 2.27. The number of amides is 1. The molecule has 0 bridgehead atoms. The zero-order valence-electron chi connectivity index (χ0n) is 20.3. The van der Waals surface area contributed by atoms with Crippen molar-refractivity contribution in [1.29, 1.82) is 0 Å². The van der Waals surface area contributed by atoms with Crippen LogP contribution in [0.25, 0.3) is 0 Å². The van der Waals surface area contributed by atoms with Crippen LogP contribution in [0.5, 0.6) is 0 Å². The molecule has 1 aliphatic carbocycles. The molecule has 0 fully saturated rings. The van der Waals surface area contributed by atoms with Gasteiger partial charge in [-0.2, -0.15) is 0 Å². The van der Waals surface area contributed by atoms with Gasteiger partial charge in [-0.1, -0.05) is 66.8 Å². The monoisotopic (exact) mass is 484 g/mol. The van der Waals surface area contributed by atoms with Crippen molar-refractivity contribution in [2.24, 2.45) is 0 Å². The van der Waals surface area contributed by atoms with Gasteiger partial charge in [-0.05, 0) is 55.4 Å². The number of anilines is 1. The summed E-state index contributed by atoms with van der Waals surface area (Å²) in [7, 11) is 0. The maximum atomic E-state index is 12.7. The van der Waals surface area contributed by atoms with E-state index in [2.05, 4.69) is 29.6 Å². The molecular formula is C30H32N2O2S. The van der Waals surface area contributed by atoms with E-state index < -0.39 is 0 Å². The second kappa shape index (κ2) is 12.4. The second-order valence-corrected chi connectivity index (χ2v) is 9.95. The Hall–Kier alpha value is -3.31. The van der Waals surface area contributed by atoms with Crippen LogP contribution in [0, 0.1) is 0 Å². The normalized spacial score (nSPS) is 13.3. The quantitative estimate of drug-likeness (QED) is 0.252. The van der Waals surface area contributed by atoms with Crippen molar-refractivity contribution in [3.63, 3.8) is 0 Å². The van der Waals surface area contributed by atoms with Crippen molar-refractivity contribution in [1.82, 2.24) is 4.98 Å². The van der Waals surface area contributed by atoms with Gasteiger partial charge >= 0.3 is 0 Å². The number of nitrogens with one attached hydrogen (secondary N) is 1. The van der Waals surface area contributed by atoms with E-state index >= 15 is 0 Å². The van der Waals surface area contributed by atoms with E-state index in [4.69, 9.17) is 4.98 Å². The van der Waals surface area contributed by atoms with Crippen LogP contribution < -0.4 is 5.32 Å². The van der Waals surface area contributed by atoms with Crippen LogP contribution in [-0.2, 0) is 30.5 Å². The van der Waals surface area contributed by atoms with E-state index in [1.54, 1.807) is 0 Å². The predicted octanol–water partition coefficient (Wildman–Crippen LogP) is 6.89. The highest BCUT2D eigenvalue weighted by molar-refractivity contribution is 7.15. The van der Waals surface area contributed by atoms with Crippen LogP contribution in [0.2, 0.25) is 0 Å². The first-order chi connectivity index (χ1) is 17.1. The first-order valence-electron chi connectivity index (χ1n) is 12.4. The molecule has 0 unspecified atom stereocenters. The molecule has 1 aromatic heterocycles. The lowest BCUT2D eigenvalue weighted by Crippen LogP contribution is -2.14. The van der Waals surface area contributed by atoms with Crippen LogP contribution in [0.15, 0.2) is 72.8 Å². The standard InChI is InChI=1S/C30H32N2O2S/c1-2-3-4-8-15-26-28(20-22-11-6-5-7-12-22)35-30(31-26)32-29(34)19-18-27(33)25-17-16-23-13-9-10-14-24(23)21-25/h2-8,11-12,16-17,21H,9-10,13-15,18-20H2,1H3,(H,31,32,34)/b3-2-,8-4-. The molecule has 1 amide bonds. The molecule has 1 aliphatic rings. The predicted molar refractivity (Wildman–Crippen MR) is 144 cm³/mol. The fraction of sp³-hybridized carbons (Fsp3) is 0.300. The molecule has 0 atom stereocenters. The number of fused-ring (bicyclic) bond motifs is 1. The van der Waals surface area contributed by atoms with Crippen molar-refractivity contribution in [2.45, 2.75) is 58.3 Å². The summed E-state index contributed by atoms with van der Waals surface area (Å²) in [5.41, 5.74) is 5.55. The summed E-state index contributed by atoms with van der Waals surface area (Å²) in [5.74, 6) is -0.153. The average Bonchev–Trinajstić information content (AvgIpc) is 3.25. The van der Waals surface area contributed by atoms with Crippen molar-refractivity contribution < 1.29 is 9.59 Å². The Morgan fingerprint density at radius 3 is 2.60 bits per heavy atom. The third-order valence-electron chi connectivity index (χ3n) is 6.23. The van der Waals surface area contributed by atoms with E-state index in [1.807, 2.05) is 55.5 Å². The number of rotatable bonds is 10. The molecule has 180 valence electrons. The molecule has 0 spiro atoms. The van der Waals surface area contributed by atoms with Crippen LogP contribution in [-0.4, -0.2) is 16.7 Å². The molecule has 1 heterocycles. The largest absolute Gasteiger partial charge is 0.302 e. The van der Waals surface area contributed by atoms with Gasteiger partial charge in [0.15, 0.2) is 10.9 Å². The van der Waals surface area contributed by atoms with Gasteiger partial charge in [-0.3, -0.25) is 9.59 Å². The van der Waals surface area contributed by atoms with Gasteiger partial charge in [0.2, 0.25) is 5.91 Å². The molecule has 4 nitrogen and oxygen atoms in total. The highest BCUT2D eigenvalue weighted by atomic mass is 32.1. The number of allylic oxidation sites excluding steroid dienone is 4. The fourth-order valence-corrected chi connectivity index (χ4v) is 5.38. The third kappa shape index (κ3) is 7.09. The molecule has 0 radical (unpaired) electrons. The van der Waals surface area contributed by atoms with Gasteiger partial charge < -0.3 is 5.32 Å². The van der Waals surface area contributed by atoms with E-state index in [0.717, 1.165) is 29.8 Å². The SMILES string of the molecule is C/C=C\C=C/Cc1nc(NC(=O)CCC(=O)c2ccc3c(c2)CCCC3)sc1Cc1ccccc1. The number of carbonyl (C=O) groups is 2. The lowest BCUT2D eigenvalue weighted by atomic mass is 9.89. The molecule has 5 heteroatoms. The second-order valence-electron chi connectivity index (χ2n) is 8.87. The maximum Gasteiger partial charge on any atom is 0.226 e. The average molecular weight is 485 g/mol. The topological polar surface area (TPSA) is 59.1 Å². The molecule has 0 saturated heterocycles. The summed E-state index contributed by atoms with van der Waals surface area (Å²) >= 11 is 1.51. The van der Waals surface area contributed by atoms with Crippen LogP contribution in [0.3, 0.4) is 0 Å². The smallest absolute Gasteiger partial charge is 0.226 e. The third-order valence-corrected chi connectivity index (χ3v) is 7.25. The minimum Gasteiger partial charge on any atom is -0.302 e. The number of ketones is 1. The van der Waals surface area contributed by atoms with E-state index in [1.165, 1.54) is 40.9 Å². The van der Waals surface area contributed by atoms with E-state index in [9.17, 15) is 9.59 Å². The number of aryl methyl sites for hydroxylation is 2. The Bertz CT molecular complexity index is 1220. The molecular weight excluding hydrogens is 452 g/mol. The zero-order valence-corrected chi connectivity index (χ0v) is 21.1. The molecule has 0 saturated carbocycles. The van der Waals surface area contributed by atoms with Gasteiger partial charge in [0.05, 0.1) is 5.69 Å². The van der Waals surface area contributed by atoms with Crippen molar-refractivity contribution in [2.75, 3.05) is 5.32 Å². The minimum absolute atomic E-state index is 0.0206. The van der Waals surface area contributed by atoms with Crippen molar-refractivity contribution >= 4 is 28.2 Å². The molecule has 0 aliphatic heterocycles. The Labute approximate surface area is 211 Å². The van der Waals surface area contributed by atoms with E-state index in [-0.39, 0.29) is 24.5 Å². The Balaban J connectivity index is 1.38. The Morgan fingerprint density at radius 1 is 1.00 bits per heavy atom. The first kappa shape index (κ1) is 24.8. The maximum absolute atomic E-state index is 12.7. The van der Waals surface area contributed by atoms with Crippen molar-refractivity contribution in [3.8, 4) is 0 Å². The molecule has 3 aromatic rings. The van der Waals surface area contributed by atoms with Gasteiger partial charge in [0.25, 0.3) is 0 Å². The number of thiazole rings is 1. The summed E-state index contributed by atoms with van der Waals surface area (Å²) in [6.45, 7) is 1.98. The summed E-state index contributed by atoms with van der Waals surface area (Å²) < 4.78 is 0. The molecule has 1 N–H and O–H groups in total. The Morgan fingerprint density at radius 2 is 1.80 bits per heavy atom. The Kier molecular flexibility index (Phi) is 8.79. The van der Waals surface area contributed by atoms with Gasteiger partial charge in [0.1, 0.15) is 0 Å². The number of benzene rings is 2. The van der Waals surface area contributed by atoms with E-state index in [0.29, 0.717) is 17.1 Å². The number of hydrogen-bond acceptors (Lipinski definition) is 4. The van der Waals surface area contributed by atoms with Crippen molar-refractivity contribution in [3.05, 3.63) is 106 Å². The van der Waals surface area contributed by atoms with Gasteiger partial charge in [-0.15, -0.1) is 11.3 Å².